The lowest BCUT2D eigenvalue weighted by Gasteiger charge is -2.13. The average molecular weight is 172 g/mol. The van der Waals surface area contributed by atoms with Gasteiger partial charge in [0.25, 0.3) is 0 Å². The van der Waals surface area contributed by atoms with Crippen LogP contribution in [0.1, 0.15) is 19.3 Å². The van der Waals surface area contributed by atoms with E-state index in [0.29, 0.717) is 5.75 Å². The molecule has 0 heterocycles. The number of nitrogens with one attached hydrogen (secondary N) is 1. The Labute approximate surface area is 70.6 Å². The fourth-order valence-corrected chi connectivity index (χ4v) is 1.08. The van der Waals surface area contributed by atoms with E-state index in [4.69, 9.17) is 0 Å². The third kappa shape index (κ3) is 2.93. The number of thioether (sulfide) groups is 1. The number of rotatable bonds is 3. The number of hydrogen-bond donors (Lipinski definition) is 1. The highest BCUT2D eigenvalue weighted by atomic mass is 32.2. The van der Waals surface area contributed by atoms with Gasteiger partial charge in [0.1, 0.15) is 0 Å². The van der Waals surface area contributed by atoms with Crippen LogP contribution in [0.2, 0.25) is 0 Å². The van der Waals surface area contributed by atoms with Gasteiger partial charge in [-0.1, -0.05) is 0 Å². The van der Waals surface area contributed by atoms with E-state index in [0.717, 1.165) is 18.6 Å². The smallest absolute Gasteiger partial charge is 0.250 e. The van der Waals surface area contributed by atoms with Crippen LogP contribution in [0.5, 0.6) is 0 Å². The van der Waals surface area contributed by atoms with E-state index in [1.54, 1.807) is 0 Å². The molecule has 1 aliphatic rings. The van der Waals surface area contributed by atoms with Crippen molar-refractivity contribution in [3.05, 3.63) is 0 Å². The van der Waals surface area contributed by atoms with Gasteiger partial charge in [0, 0.05) is 5.71 Å². The Balaban J connectivity index is 2.14. The van der Waals surface area contributed by atoms with Crippen molar-refractivity contribution in [2.24, 2.45) is 5.10 Å². The summed E-state index contributed by atoms with van der Waals surface area (Å²) in [6, 6.07) is 0. The first-order chi connectivity index (χ1) is 5.33. The Bertz CT molecular complexity index is 173. The molecule has 1 N–H and O–H groups in total. The van der Waals surface area contributed by atoms with E-state index in [-0.39, 0.29) is 5.91 Å². The lowest BCUT2D eigenvalue weighted by atomic mass is 9.98. The molecular weight excluding hydrogens is 160 g/mol. The SMILES string of the molecule is CSCC(=O)NN=C1CCC1. The maximum absolute atomic E-state index is 10.8. The summed E-state index contributed by atoms with van der Waals surface area (Å²) in [4.78, 5) is 10.8. The number of carbonyl (C=O) groups is 1. The predicted octanol–water partition coefficient (Wildman–Crippen LogP) is 1.01. The molecule has 0 bridgehead atoms. The van der Waals surface area contributed by atoms with E-state index < -0.39 is 0 Å². The minimum Gasteiger partial charge on any atom is -0.272 e. The minimum absolute atomic E-state index is 0.00287. The number of nitrogens with zero attached hydrogens (tertiary/aromatic N) is 1. The van der Waals surface area contributed by atoms with E-state index in [2.05, 4.69) is 10.5 Å². The summed E-state index contributed by atoms with van der Waals surface area (Å²) in [5.74, 6) is 0.494. The second kappa shape index (κ2) is 4.38. The minimum atomic E-state index is -0.00287. The highest BCUT2D eigenvalue weighted by Gasteiger charge is 2.10. The van der Waals surface area contributed by atoms with Gasteiger partial charge in [0.05, 0.1) is 5.75 Å². The van der Waals surface area contributed by atoms with Crippen LogP contribution >= 0.6 is 11.8 Å². The summed E-state index contributed by atoms with van der Waals surface area (Å²) in [6.07, 6.45) is 5.23. The van der Waals surface area contributed by atoms with Gasteiger partial charge in [0.15, 0.2) is 0 Å². The highest BCUT2D eigenvalue weighted by Crippen LogP contribution is 2.13. The maximum Gasteiger partial charge on any atom is 0.250 e. The zero-order valence-corrected chi connectivity index (χ0v) is 7.41. The molecule has 1 fully saturated rings. The molecule has 0 aromatic rings. The first-order valence-corrected chi connectivity index (χ1v) is 5.05. The van der Waals surface area contributed by atoms with Crippen LogP contribution in [-0.4, -0.2) is 23.6 Å². The van der Waals surface area contributed by atoms with E-state index in [9.17, 15) is 4.79 Å². The fraction of sp³-hybridized carbons (Fsp3) is 0.714. The predicted molar refractivity (Wildman–Crippen MR) is 47.8 cm³/mol. The van der Waals surface area contributed by atoms with Crippen LogP contribution in [0, 0.1) is 0 Å². The summed E-state index contributed by atoms with van der Waals surface area (Å²) in [7, 11) is 0. The molecule has 0 spiro atoms. The van der Waals surface area contributed by atoms with Crippen molar-refractivity contribution in [1.82, 2.24) is 5.43 Å². The average Bonchev–Trinajstić information content (AvgIpc) is 1.85. The molecule has 11 heavy (non-hydrogen) atoms. The van der Waals surface area contributed by atoms with Gasteiger partial charge in [-0.2, -0.15) is 16.9 Å². The Morgan fingerprint density at radius 1 is 1.73 bits per heavy atom. The van der Waals surface area contributed by atoms with Crippen LogP contribution < -0.4 is 5.43 Å². The molecule has 0 aromatic carbocycles. The molecule has 0 radical (unpaired) electrons. The summed E-state index contributed by atoms with van der Waals surface area (Å²) in [6.45, 7) is 0. The summed E-state index contributed by atoms with van der Waals surface area (Å²) >= 11 is 1.51. The normalized spacial score (nSPS) is 15.5. The number of carbonyl (C=O) groups excluding carboxylic acids is 1. The molecule has 1 aliphatic carbocycles. The molecule has 0 unspecified atom stereocenters. The van der Waals surface area contributed by atoms with Gasteiger partial charge in [-0.3, -0.25) is 4.79 Å². The Morgan fingerprint density at radius 3 is 2.91 bits per heavy atom. The van der Waals surface area contributed by atoms with Gasteiger partial charge >= 0.3 is 0 Å². The first-order valence-electron chi connectivity index (χ1n) is 3.66. The molecule has 1 amide bonds. The van der Waals surface area contributed by atoms with Crippen molar-refractivity contribution in [3.63, 3.8) is 0 Å². The van der Waals surface area contributed by atoms with E-state index >= 15 is 0 Å². The lowest BCUT2D eigenvalue weighted by Crippen LogP contribution is -2.23. The van der Waals surface area contributed by atoms with Crippen LogP contribution in [-0.2, 0) is 4.79 Å². The zero-order chi connectivity index (χ0) is 8.10. The maximum atomic E-state index is 10.8. The second-order valence-corrected chi connectivity index (χ2v) is 3.37. The Kier molecular flexibility index (Phi) is 3.42. The summed E-state index contributed by atoms with van der Waals surface area (Å²) < 4.78 is 0. The second-order valence-electron chi connectivity index (χ2n) is 2.50. The number of amides is 1. The molecule has 0 aliphatic heterocycles. The van der Waals surface area contributed by atoms with Crippen LogP contribution in [0.4, 0.5) is 0 Å². The Morgan fingerprint density at radius 2 is 2.45 bits per heavy atom. The fourth-order valence-electron chi connectivity index (χ4n) is 0.751. The molecule has 0 saturated heterocycles. The standard InChI is InChI=1S/C7H12N2OS/c1-11-5-7(10)9-8-6-3-2-4-6/h2-5H2,1H3,(H,9,10). The molecule has 62 valence electrons. The van der Waals surface area contributed by atoms with Gasteiger partial charge < -0.3 is 0 Å². The first kappa shape index (κ1) is 8.59. The van der Waals surface area contributed by atoms with Crippen molar-refractivity contribution in [1.29, 1.82) is 0 Å². The molecule has 0 atom stereocenters. The van der Waals surface area contributed by atoms with Crippen LogP contribution in [0.25, 0.3) is 0 Å². The van der Waals surface area contributed by atoms with Gasteiger partial charge in [-0.05, 0) is 25.5 Å². The van der Waals surface area contributed by atoms with Crippen molar-refractivity contribution in [2.75, 3.05) is 12.0 Å². The monoisotopic (exact) mass is 172 g/mol. The van der Waals surface area contributed by atoms with Crippen molar-refractivity contribution < 1.29 is 4.79 Å². The molecule has 3 nitrogen and oxygen atoms in total. The quantitative estimate of drug-likeness (QED) is 0.645. The third-order valence-electron chi connectivity index (χ3n) is 1.54. The number of hydrogen-bond acceptors (Lipinski definition) is 3. The van der Waals surface area contributed by atoms with Crippen molar-refractivity contribution >= 4 is 23.4 Å². The summed E-state index contributed by atoms with van der Waals surface area (Å²) in [5.41, 5.74) is 3.64. The highest BCUT2D eigenvalue weighted by molar-refractivity contribution is 7.99. The van der Waals surface area contributed by atoms with Crippen LogP contribution in [0.15, 0.2) is 5.10 Å². The van der Waals surface area contributed by atoms with Crippen molar-refractivity contribution in [2.45, 2.75) is 19.3 Å². The van der Waals surface area contributed by atoms with Gasteiger partial charge in [-0.25, -0.2) is 5.43 Å². The zero-order valence-electron chi connectivity index (χ0n) is 6.59. The van der Waals surface area contributed by atoms with Crippen molar-refractivity contribution in [3.8, 4) is 0 Å². The molecule has 4 heteroatoms. The summed E-state index contributed by atoms with van der Waals surface area (Å²) in [5, 5.41) is 3.95. The largest absolute Gasteiger partial charge is 0.272 e. The van der Waals surface area contributed by atoms with Gasteiger partial charge in [-0.15, -0.1) is 0 Å². The topological polar surface area (TPSA) is 41.5 Å². The molecular formula is C7H12N2OS. The lowest BCUT2D eigenvalue weighted by molar-refractivity contribution is -0.118. The van der Waals surface area contributed by atoms with E-state index in [1.165, 1.54) is 18.2 Å². The van der Waals surface area contributed by atoms with Gasteiger partial charge in [0.2, 0.25) is 5.91 Å². The van der Waals surface area contributed by atoms with E-state index in [1.807, 2.05) is 6.26 Å². The molecule has 0 aromatic heterocycles. The molecule has 1 rings (SSSR count). The Hall–Kier alpha value is -0.510. The number of hydrazone groups is 1. The molecule has 1 saturated carbocycles. The van der Waals surface area contributed by atoms with Crippen LogP contribution in [0.3, 0.4) is 0 Å². The third-order valence-corrected chi connectivity index (χ3v) is 2.10.